The van der Waals surface area contributed by atoms with Gasteiger partial charge in [-0.25, -0.2) is 0 Å². The maximum Gasteiger partial charge on any atom is 0.306 e. The van der Waals surface area contributed by atoms with Crippen molar-refractivity contribution in [2.45, 2.75) is 406 Å². The van der Waals surface area contributed by atoms with Gasteiger partial charge in [0.2, 0.25) is 0 Å². The summed E-state index contributed by atoms with van der Waals surface area (Å²) in [5.41, 5.74) is 0. The highest BCUT2D eigenvalue weighted by Crippen LogP contribution is 2.19. The topological polar surface area (TPSA) is 78.9 Å². The number of rotatable bonds is 68. The van der Waals surface area contributed by atoms with Gasteiger partial charge >= 0.3 is 17.9 Å². The van der Waals surface area contributed by atoms with Gasteiger partial charge in [-0.2, -0.15) is 0 Å². The Morgan fingerprint density at radius 3 is 0.744 bits per heavy atom. The molecule has 0 aromatic rings. The lowest BCUT2D eigenvalue weighted by Crippen LogP contribution is -2.30. The molecule has 6 heteroatoms. The van der Waals surface area contributed by atoms with Gasteiger partial charge in [0, 0.05) is 19.3 Å². The Morgan fingerprint density at radius 2 is 0.476 bits per heavy atom. The molecular weight excluding hydrogens is 1010 g/mol. The largest absolute Gasteiger partial charge is 0.462 e. The maximum atomic E-state index is 13.0. The third-order valence-corrected chi connectivity index (χ3v) is 16.6. The van der Waals surface area contributed by atoms with Crippen LogP contribution in [0.2, 0.25) is 0 Å². The predicted octanol–water partition coefficient (Wildman–Crippen LogP) is 25.3. The zero-order valence-corrected chi connectivity index (χ0v) is 55.3. The van der Waals surface area contributed by atoms with Gasteiger partial charge < -0.3 is 14.2 Å². The number of carbonyl (C=O) groups is 3. The van der Waals surface area contributed by atoms with Gasteiger partial charge in [-0.1, -0.05) is 371 Å². The third kappa shape index (κ3) is 68.2. The minimum absolute atomic E-state index is 0.0707. The molecule has 0 amide bonds. The number of carbonyl (C=O) groups excluding carboxylic acids is 3. The van der Waals surface area contributed by atoms with Crippen molar-refractivity contribution >= 4 is 17.9 Å². The Bertz CT molecular complexity index is 1410. The molecule has 0 aliphatic carbocycles. The highest BCUT2D eigenvalue weighted by Gasteiger charge is 2.19. The van der Waals surface area contributed by atoms with Gasteiger partial charge in [-0.05, 0) is 57.8 Å². The second kappa shape index (κ2) is 70.9. The number of hydrogen-bond acceptors (Lipinski definition) is 6. The van der Waals surface area contributed by atoms with Crippen molar-refractivity contribution in [3.63, 3.8) is 0 Å². The zero-order chi connectivity index (χ0) is 59.2. The Labute approximate surface area is 511 Å². The van der Waals surface area contributed by atoms with Crippen molar-refractivity contribution in [2.24, 2.45) is 0 Å². The van der Waals surface area contributed by atoms with E-state index in [2.05, 4.69) is 69.4 Å². The summed E-state index contributed by atoms with van der Waals surface area (Å²) in [6, 6.07) is 0. The molecule has 82 heavy (non-hydrogen) atoms. The molecule has 0 bridgehead atoms. The van der Waals surface area contributed by atoms with Gasteiger partial charge in [-0.15, -0.1) is 0 Å². The minimum atomic E-state index is -0.776. The summed E-state index contributed by atoms with van der Waals surface area (Å²) in [6.45, 7) is 6.61. The molecule has 0 radical (unpaired) electrons. The van der Waals surface area contributed by atoms with Gasteiger partial charge in [0.15, 0.2) is 6.10 Å². The normalized spacial score (nSPS) is 12.3. The van der Waals surface area contributed by atoms with Crippen LogP contribution in [0.5, 0.6) is 0 Å². The fourth-order valence-corrected chi connectivity index (χ4v) is 11.1. The van der Waals surface area contributed by atoms with E-state index in [1.807, 2.05) is 0 Å². The molecule has 0 aromatic carbocycles. The van der Waals surface area contributed by atoms with Crippen molar-refractivity contribution in [3.8, 4) is 0 Å². The van der Waals surface area contributed by atoms with Crippen LogP contribution in [-0.2, 0) is 28.6 Å². The van der Waals surface area contributed by atoms with Crippen molar-refractivity contribution in [3.05, 3.63) is 48.6 Å². The third-order valence-electron chi connectivity index (χ3n) is 16.6. The van der Waals surface area contributed by atoms with Crippen molar-refractivity contribution in [1.82, 2.24) is 0 Å². The number of allylic oxidation sites excluding steroid dienone is 8. The number of esters is 3. The molecule has 0 aromatic heterocycles. The van der Waals surface area contributed by atoms with E-state index in [0.717, 1.165) is 89.9 Å². The van der Waals surface area contributed by atoms with Crippen LogP contribution >= 0.6 is 0 Å². The summed E-state index contributed by atoms with van der Waals surface area (Å²) in [5, 5.41) is 0. The SMILES string of the molecule is CC/C=C\C/C=C\C/C=C\C/C=C\CCCCCCCCCCC(=O)OC(COC(=O)CCCCCCCCCCCCCCCCCCC)COC(=O)CCCCCCCCCCCCCCCCCCCCCCCCCCCC. The smallest absolute Gasteiger partial charge is 0.306 e. The molecule has 0 saturated heterocycles. The summed E-state index contributed by atoms with van der Waals surface area (Å²) in [7, 11) is 0. The van der Waals surface area contributed by atoms with Gasteiger partial charge in [-0.3, -0.25) is 14.4 Å². The molecule has 0 aliphatic heterocycles. The molecular formula is C76H140O6. The maximum absolute atomic E-state index is 13.0. The Morgan fingerprint density at radius 1 is 0.256 bits per heavy atom. The van der Waals surface area contributed by atoms with E-state index >= 15 is 0 Å². The van der Waals surface area contributed by atoms with Crippen LogP contribution in [0.25, 0.3) is 0 Å². The molecule has 0 heterocycles. The first-order chi connectivity index (χ1) is 40.5. The lowest BCUT2D eigenvalue weighted by atomic mass is 10.0. The number of unbranched alkanes of at least 4 members (excludes halogenated alkanes) is 49. The minimum Gasteiger partial charge on any atom is -0.462 e. The van der Waals surface area contributed by atoms with E-state index in [4.69, 9.17) is 14.2 Å². The predicted molar refractivity (Wildman–Crippen MR) is 358 cm³/mol. The number of ether oxygens (including phenoxy) is 3. The summed E-state index contributed by atoms with van der Waals surface area (Å²) >= 11 is 0. The van der Waals surface area contributed by atoms with E-state index in [9.17, 15) is 14.4 Å². The Kier molecular flexibility index (Phi) is 68.6. The fraction of sp³-hybridized carbons (Fsp3) is 0.855. The zero-order valence-electron chi connectivity index (χ0n) is 55.3. The summed E-state index contributed by atoms with van der Waals surface area (Å²) in [5.74, 6) is -0.847. The standard InChI is InChI=1S/C76H140O6/c1-4-7-10-13-16-19-22-25-28-31-33-35-36-37-38-39-41-42-45-48-51-54-57-60-63-66-69-75(78)81-72-73(71-80-74(77)68-65-62-59-56-53-50-47-44-30-27-24-21-18-15-12-9-6-3)82-76(79)70-67-64-61-58-55-52-49-46-43-40-34-32-29-26-23-20-17-14-11-8-5-2/h8,11,17,20,26,29,34,40,73H,4-7,9-10,12-16,18-19,21-25,27-28,30-33,35-39,41-72H2,1-3H3/b11-8-,20-17-,29-26-,40-34-. The molecule has 1 atom stereocenters. The molecule has 480 valence electrons. The van der Waals surface area contributed by atoms with Gasteiger partial charge in [0.1, 0.15) is 13.2 Å². The van der Waals surface area contributed by atoms with E-state index in [0.29, 0.717) is 19.3 Å². The van der Waals surface area contributed by atoms with E-state index in [1.165, 1.54) is 270 Å². The molecule has 0 aliphatic rings. The van der Waals surface area contributed by atoms with Crippen LogP contribution in [0.3, 0.4) is 0 Å². The van der Waals surface area contributed by atoms with E-state index in [1.54, 1.807) is 0 Å². The average molecular weight is 1150 g/mol. The molecule has 0 spiro atoms. The van der Waals surface area contributed by atoms with Crippen molar-refractivity contribution < 1.29 is 28.6 Å². The molecule has 0 saturated carbocycles. The van der Waals surface area contributed by atoms with Gasteiger partial charge in [0.05, 0.1) is 0 Å². The molecule has 0 fully saturated rings. The lowest BCUT2D eigenvalue weighted by Gasteiger charge is -2.18. The molecule has 0 N–H and O–H groups in total. The molecule has 6 nitrogen and oxygen atoms in total. The van der Waals surface area contributed by atoms with Crippen LogP contribution in [0.15, 0.2) is 48.6 Å². The molecule has 1 unspecified atom stereocenters. The Hall–Kier alpha value is -2.63. The highest BCUT2D eigenvalue weighted by atomic mass is 16.6. The van der Waals surface area contributed by atoms with Crippen LogP contribution in [0, 0.1) is 0 Å². The van der Waals surface area contributed by atoms with E-state index < -0.39 is 6.10 Å². The van der Waals surface area contributed by atoms with Crippen LogP contribution < -0.4 is 0 Å². The summed E-state index contributed by atoms with van der Waals surface area (Å²) < 4.78 is 17.0. The first-order valence-electron chi connectivity index (χ1n) is 36.6. The Balaban J connectivity index is 4.28. The van der Waals surface area contributed by atoms with Crippen LogP contribution in [-0.4, -0.2) is 37.2 Å². The highest BCUT2D eigenvalue weighted by molar-refractivity contribution is 5.71. The molecule has 0 rings (SSSR count). The van der Waals surface area contributed by atoms with E-state index in [-0.39, 0.29) is 31.1 Å². The summed E-state index contributed by atoms with van der Waals surface area (Å²) in [6.07, 6.45) is 90.0. The quantitative estimate of drug-likeness (QED) is 0.0261. The monoisotopic (exact) mass is 1150 g/mol. The second-order valence-electron chi connectivity index (χ2n) is 24.8. The number of hydrogen-bond donors (Lipinski definition) is 0. The van der Waals surface area contributed by atoms with Gasteiger partial charge in [0.25, 0.3) is 0 Å². The summed E-state index contributed by atoms with van der Waals surface area (Å²) in [4.78, 5) is 38.5. The fourth-order valence-electron chi connectivity index (χ4n) is 11.1. The van der Waals surface area contributed by atoms with Crippen molar-refractivity contribution in [2.75, 3.05) is 13.2 Å². The first kappa shape index (κ1) is 79.4. The van der Waals surface area contributed by atoms with Crippen molar-refractivity contribution in [1.29, 1.82) is 0 Å². The first-order valence-corrected chi connectivity index (χ1v) is 36.6. The van der Waals surface area contributed by atoms with Crippen LogP contribution in [0.1, 0.15) is 400 Å². The lowest BCUT2D eigenvalue weighted by molar-refractivity contribution is -0.167. The van der Waals surface area contributed by atoms with Crippen LogP contribution in [0.4, 0.5) is 0 Å². The average Bonchev–Trinajstić information content (AvgIpc) is 3.47. The second-order valence-corrected chi connectivity index (χ2v) is 24.8.